The number of ether oxygens (including phenoxy) is 2. The number of halogens is 3. The van der Waals surface area contributed by atoms with Crippen molar-refractivity contribution < 1.29 is 22.6 Å². The topological polar surface area (TPSA) is 76.2 Å². The molecular formula is C27H30F3N5O2. The maximum absolute atomic E-state index is 14.1. The van der Waals surface area contributed by atoms with Crippen LogP contribution in [0.2, 0.25) is 0 Å². The summed E-state index contributed by atoms with van der Waals surface area (Å²) in [4.78, 5) is 10.9. The van der Waals surface area contributed by atoms with Crippen molar-refractivity contribution in [3.05, 3.63) is 41.9 Å². The maximum atomic E-state index is 14.1. The van der Waals surface area contributed by atoms with E-state index in [2.05, 4.69) is 21.9 Å². The zero-order valence-electron chi connectivity index (χ0n) is 20.8. The van der Waals surface area contributed by atoms with Gasteiger partial charge in [0.25, 0.3) is 0 Å². The molecule has 5 rings (SSSR count). The molecule has 37 heavy (non-hydrogen) atoms. The summed E-state index contributed by atoms with van der Waals surface area (Å²) in [5.74, 6) is 0.511. The fourth-order valence-corrected chi connectivity index (χ4v) is 5.20. The molecule has 3 aromatic rings. The number of nitrogens with zero attached hydrogens (tertiary/aromatic N) is 5. The summed E-state index contributed by atoms with van der Waals surface area (Å²) < 4.78 is 55.3. The second kappa shape index (κ2) is 10.7. The number of aromatic nitrogens is 3. The highest BCUT2D eigenvalue weighted by Gasteiger charge is 2.35. The summed E-state index contributed by atoms with van der Waals surface area (Å²) in [5, 5.41) is 10.1. The minimum absolute atomic E-state index is 0.0860. The van der Waals surface area contributed by atoms with Crippen LogP contribution in [0.1, 0.15) is 37.1 Å². The fourth-order valence-electron chi connectivity index (χ4n) is 5.20. The zero-order chi connectivity index (χ0) is 26.0. The van der Waals surface area contributed by atoms with Crippen molar-refractivity contribution in [2.24, 2.45) is 11.8 Å². The van der Waals surface area contributed by atoms with Crippen LogP contribution in [-0.2, 0) is 17.5 Å². The summed E-state index contributed by atoms with van der Waals surface area (Å²) in [6, 6.07) is 7.74. The number of likely N-dealkylation sites (tertiary alicyclic amines) is 1. The van der Waals surface area contributed by atoms with Crippen LogP contribution in [0.15, 0.2) is 30.5 Å². The second-order valence-corrected chi connectivity index (χ2v) is 10.0. The first-order valence-electron chi connectivity index (χ1n) is 12.7. The van der Waals surface area contributed by atoms with Crippen LogP contribution in [0, 0.1) is 23.2 Å². The second-order valence-electron chi connectivity index (χ2n) is 10.0. The average molecular weight is 514 g/mol. The molecule has 2 aliphatic rings. The van der Waals surface area contributed by atoms with E-state index in [1.54, 1.807) is 12.1 Å². The first-order valence-corrected chi connectivity index (χ1v) is 12.7. The van der Waals surface area contributed by atoms with Crippen LogP contribution >= 0.6 is 0 Å². The van der Waals surface area contributed by atoms with Crippen LogP contribution < -0.4 is 4.74 Å². The quantitative estimate of drug-likeness (QED) is 0.436. The molecule has 10 heteroatoms. The number of hydrogen-bond acceptors (Lipinski definition) is 6. The molecule has 0 bridgehead atoms. The number of hydrogen-bond donors (Lipinski definition) is 0. The van der Waals surface area contributed by atoms with Gasteiger partial charge in [-0.25, -0.2) is 9.97 Å². The highest BCUT2D eigenvalue weighted by molar-refractivity contribution is 5.91. The Hall–Kier alpha value is -3.16. The van der Waals surface area contributed by atoms with E-state index in [0.29, 0.717) is 48.3 Å². The Kier molecular flexibility index (Phi) is 7.36. The summed E-state index contributed by atoms with van der Waals surface area (Å²) in [6.07, 6.45) is 0.957. The smallest absolute Gasteiger partial charge is 0.419 e. The molecule has 2 saturated heterocycles. The van der Waals surface area contributed by atoms with Crippen molar-refractivity contribution in [3.63, 3.8) is 0 Å². The molecule has 2 aliphatic heterocycles. The molecule has 2 aromatic heterocycles. The molecule has 7 nitrogen and oxygen atoms in total. The van der Waals surface area contributed by atoms with E-state index in [1.165, 1.54) is 6.07 Å². The van der Waals surface area contributed by atoms with E-state index >= 15 is 0 Å². The Morgan fingerprint density at radius 1 is 1.14 bits per heavy atom. The minimum Gasteiger partial charge on any atom is -0.493 e. The van der Waals surface area contributed by atoms with Gasteiger partial charge in [-0.2, -0.15) is 18.4 Å². The van der Waals surface area contributed by atoms with Crippen molar-refractivity contribution in [1.82, 2.24) is 19.4 Å². The van der Waals surface area contributed by atoms with Gasteiger partial charge >= 0.3 is 6.18 Å². The Morgan fingerprint density at radius 3 is 2.65 bits per heavy atom. The van der Waals surface area contributed by atoms with Gasteiger partial charge in [0.15, 0.2) is 0 Å². The van der Waals surface area contributed by atoms with Crippen molar-refractivity contribution >= 4 is 11.0 Å². The molecule has 196 valence electrons. The summed E-state index contributed by atoms with van der Waals surface area (Å²) in [6.45, 7) is 4.25. The summed E-state index contributed by atoms with van der Waals surface area (Å²) in [5.41, 5.74) is 0.244. The minimum atomic E-state index is -4.60. The lowest BCUT2D eigenvalue weighted by atomic mass is 9.94. The Morgan fingerprint density at radius 2 is 1.95 bits per heavy atom. The van der Waals surface area contributed by atoms with E-state index in [4.69, 9.17) is 9.47 Å². The number of benzene rings is 1. The highest BCUT2D eigenvalue weighted by atomic mass is 19.4. The molecule has 0 aliphatic carbocycles. The molecule has 4 heterocycles. The van der Waals surface area contributed by atoms with Gasteiger partial charge in [0.2, 0.25) is 5.82 Å². The van der Waals surface area contributed by atoms with Crippen LogP contribution in [0.25, 0.3) is 22.3 Å². The highest BCUT2D eigenvalue weighted by Crippen LogP contribution is 2.40. The normalized spacial score (nSPS) is 19.4. The van der Waals surface area contributed by atoms with Gasteiger partial charge in [-0.1, -0.05) is 0 Å². The van der Waals surface area contributed by atoms with Crippen molar-refractivity contribution in [3.8, 4) is 23.1 Å². The first kappa shape index (κ1) is 25.5. The third kappa shape index (κ3) is 5.73. The van der Waals surface area contributed by atoms with Crippen LogP contribution in [0.3, 0.4) is 0 Å². The van der Waals surface area contributed by atoms with Gasteiger partial charge in [0.1, 0.15) is 17.5 Å². The number of rotatable bonds is 7. The molecule has 0 saturated carbocycles. The molecule has 1 unspecified atom stereocenters. The predicted molar refractivity (Wildman–Crippen MR) is 132 cm³/mol. The molecule has 1 aromatic carbocycles. The fraction of sp³-hybridized carbons (Fsp3) is 0.519. The SMILES string of the molecule is CN1CCC(CCOc2ccc(-c3nc(C#N)nc4c3ccn4CC3CCOC3)cc2C(F)(F)F)CC1. The zero-order valence-corrected chi connectivity index (χ0v) is 20.8. The van der Waals surface area contributed by atoms with Gasteiger partial charge in [0, 0.05) is 36.2 Å². The van der Waals surface area contributed by atoms with Gasteiger partial charge in [-0.3, -0.25) is 0 Å². The van der Waals surface area contributed by atoms with Crippen LogP contribution in [0.4, 0.5) is 13.2 Å². The van der Waals surface area contributed by atoms with Gasteiger partial charge in [-0.15, -0.1) is 0 Å². The van der Waals surface area contributed by atoms with Gasteiger partial charge in [0.05, 0.1) is 24.5 Å². The number of fused-ring (bicyclic) bond motifs is 1. The number of piperidine rings is 1. The molecule has 2 fully saturated rings. The maximum Gasteiger partial charge on any atom is 0.419 e. The molecule has 0 spiro atoms. The molecule has 0 N–H and O–H groups in total. The van der Waals surface area contributed by atoms with Gasteiger partial charge < -0.3 is 18.9 Å². The van der Waals surface area contributed by atoms with Crippen LogP contribution in [-0.4, -0.2) is 59.4 Å². The van der Waals surface area contributed by atoms with Crippen molar-refractivity contribution in [2.75, 3.05) is 40.0 Å². The Balaban J connectivity index is 1.43. The van der Waals surface area contributed by atoms with E-state index < -0.39 is 11.7 Å². The predicted octanol–water partition coefficient (Wildman–Crippen LogP) is 5.14. The van der Waals surface area contributed by atoms with E-state index in [9.17, 15) is 18.4 Å². The molecule has 0 radical (unpaired) electrons. The Labute approximate surface area is 213 Å². The summed E-state index contributed by atoms with van der Waals surface area (Å²) >= 11 is 0. The van der Waals surface area contributed by atoms with Crippen LogP contribution in [0.5, 0.6) is 5.75 Å². The molecular weight excluding hydrogens is 483 g/mol. The van der Waals surface area contributed by atoms with Crippen molar-refractivity contribution in [1.29, 1.82) is 5.26 Å². The first-order chi connectivity index (χ1) is 17.8. The Bertz CT molecular complexity index is 1290. The largest absolute Gasteiger partial charge is 0.493 e. The number of alkyl halides is 3. The number of nitriles is 1. The molecule has 1 atom stereocenters. The standard InChI is InChI=1S/C27H30F3N5O2/c1-34-9-4-18(5-10-34)8-13-37-23-3-2-20(14-22(23)27(28,29)30)25-21-6-11-35(16-19-7-12-36-17-19)26(21)33-24(15-31)32-25/h2-3,6,11,14,18-19H,4-5,7-10,12-13,16-17H2,1H3. The monoisotopic (exact) mass is 513 g/mol. The third-order valence-corrected chi connectivity index (χ3v) is 7.38. The van der Waals surface area contributed by atoms with E-state index in [1.807, 2.05) is 16.8 Å². The lowest BCUT2D eigenvalue weighted by Gasteiger charge is -2.28. The lowest BCUT2D eigenvalue weighted by Crippen LogP contribution is -2.30. The lowest BCUT2D eigenvalue weighted by molar-refractivity contribution is -0.138. The average Bonchev–Trinajstić information content (AvgIpc) is 3.55. The third-order valence-electron chi connectivity index (χ3n) is 7.38. The van der Waals surface area contributed by atoms with Gasteiger partial charge in [-0.05, 0) is 76.0 Å². The molecule has 0 amide bonds. The van der Waals surface area contributed by atoms with E-state index in [0.717, 1.165) is 44.8 Å². The van der Waals surface area contributed by atoms with Crippen molar-refractivity contribution in [2.45, 2.75) is 38.4 Å². The summed E-state index contributed by atoms with van der Waals surface area (Å²) in [7, 11) is 2.08. The van der Waals surface area contributed by atoms with E-state index in [-0.39, 0.29) is 23.7 Å².